The van der Waals surface area contributed by atoms with Crippen molar-refractivity contribution in [1.82, 2.24) is 5.32 Å². The Morgan fingerprint density at radius 3 is 1.21 bits per heavy atom. The lowest BCUT2D eigenvalue weighted by molar-refractivity contribution is -0.132. The van der Waals surface area contributed by atoms with Gasteiger partial charge in [-0.2, -0.15) is 0 Å². The molecule has 0 rings (SSSR count). The monoisotopic (exact) mass is 682 g/mol. The Hall–Kier alpha value is -0.950. The summed E-state index contributed by atoms with van der Waals surface area (Å²) in [6, 6.07) is -0.985. The number of carbonyl (C=O) groups is 1. The maximum atomic E-state index is 12.5. The molecule has 0 aromatic rings. The zero-order valence-electron chi connectivity index (χ0n) is 32.0. The van der Waals surface area contributed by atoms with E-state index in [1.807, 2.05) is 0 Å². The number of hydrogen-bond acceptors (Lipinski definition) is 5. The number of aliphatic hydroxyl groups is 4. The maximum Gasteiger partial charge on any atom is 0.249 e. The Kier molecular flexibility index (Phi) is 36.6. The summed E-state index contributed by atoms with van der Waals surface area (Å²) >= 11 is 0. The molecule has 0 heterocycles. The summed E-state index contributed by atoms with van der Waals surface area (Å²) < 4.78 is 0. The molecule has 6 heteroatoms. The van der Waals surface area contributed by atoms with Gasteiger partial charge in [0.15, 0.2) is 0 Å². The van der Waals surface area contributed by atoms with Gasteiger partial charge in [0.25, 0.3) is 0 Å². The molecule has 4 atom stereocenters. The van der Waals surface area contributed by atoms with Gasteiger partial charge in [-0.25, -0.2) is 0 Å². The average molecular weight is 682 g/mol. The van der Waals surface area contributed by atoms with Crippen LogP contribution in [0, 0.1) is 0 Å². The van der Waals surface area contributed by atoms with Crippen LogP contribution < -0.4 is 5.32 Å². The largest absolute Gasteiger partial charge is 0.394 e. The highest BCUT2D eigenvalue weighted by Gasteiger charge is 2.28. The minimum Gasteiger partial charge on any atom is -0.394 e. The number of rotatable bonds is 38. The number of nitrogens with one attached hydrogen (secondary N) is 1. The van der Waals surface area contributed by atoms with E-state index in [-0.39, 0.29) is 0 Å². The van der Waals surface area contributed by atoms with E-state index >= 15 is 0 Å². The van der Waals surface area contributed by atoms with Gasteiger partial charge in [0, 0.05) is 0 Å². The van der Waals surface area contributed by atoms with Crippen LogP contribution in [0.5, 0.6) is 0 Å². The molecule has 0 radical (unpaired) electrons. The van der Waals surface area contributed by atoms with E-state index < -0.39 is 36.9 Å². The molecule has 0 aliphatic heterocycles. The highest BCUT2D eigenvalue weighted by atomic mass is 16.3. The molecule has 0 aromatic carbocycles. The van der Waals surface area contributed by atoms with Gasteiger partial charge in [-0.3, -0.25) is 4.79 Å². The van der Waals surface area contributed by atoms with Gasteiger partial charge < -0.3 is 25.7 Å². The summed E-state index contributed by atoms with van der Waals surface area (Å²) in [4.78, 5) is 12.5. The topological polar surface area (TPSA) is 110 Å². The lowest BCUT2D eigenvalue weighted by Gasteiger charge is -2.27. The third-order valence-electron chi connectivity index (χ3n) is 9.98. The van der Waals surface area contributed by atoms with Crippen molar-refractivity contribution in [2.75, 3.05) is 6.61 Å². The number of unbranched alkanes of at least 4 members (excludes halogenated alkanes) is 27. The van der Waals surface area contributed by atoms with E-state index in [9.17, 15) is 25.2 Å². The van der Waals surface area contributed by atoms with Crippen LogP contribution in [0.1, 0.15) is 219 Å². The zero-order chi connectivity index (χ0) is 35.3. The molecule has 286 valence electrons. The number of aliphatic hydroxyl groups excluding tert-OH is 4. The second kappa shape index (κ2) is 37.3. The molecule has 5 N–H and O–H groups in total. The zero-order valence-corrected chi connectivity index (χ0v) is 32.0. The Balaban J connectivity index is 3.74. The van der Waals surface area contributed by atoms with Gasteiger partial charge >= 0.3 is 0 Å². The molecular formula is C42H83NO5. The predicted octanol–water partition coefficient (Wildman–Crippen LogP) is 10.6. The smallest absolute Gasteiger partial charge is 0.249 e. The van der Waals surface area contributed by atoms with Gasteiger partial charge in [0.1, 0.15) is 12.2 Å². The fourth-order valence-corrected chi connectivity index (χ4v) is 6.57. The number of allylic oxidation sites excluding steroid dienone is 2. The highest BCUT2D eigenvalue weighted by molar-refractivity contribution is 5.80. The Morgan fingerprint density at radius 2 is 0.833 bits per heavy atom. The first-order valence-corrected chi connectivity index (χ1v) is 21.1. The van der Waals surface area contributed by atoms with E-state index in [0.29, 0.717) is 12.8 Å². The quantitative estimate of drug-likeness (QED) is 0.0329. The van der Waals surface area contributed by atoms with Crippen molar-refractivity contribution in [2.45, 2.75) is 244 Å². The SMILES string of the molecule is CCCCCCCCCCCCCCC=CCCCCCCC(O)C(=O)N[C@@H](CO)[C@H](O)[C@H](O)CCCCCCCCCCCCCC. The van der Waals surface area contributed by atoms with Crippen molar-refractivity contribution in [3.8, 4) is 0 Å². The fraction of sp³-hybridized carbons (Fsp3) is 0.929. The van der Waals surface area contributed by atoms with Crippen LogP contribution >= 0.6 is 0 Å². The van der Waals surface area contributed by atoms with E-state index in [0.717, 1.165) is 51.4 Å². The summed E-state index contributed by atoms with van der Waals surface area (Å²) in [5.74, 6) is -0.591. The summed E-state index contributed by atoms with van der Waals surface area (Å²) in [7, 11) is 0. The molecule has 0 aliphatic rings. The molecule has 0 saturated heterocycles. The second-order valence-corrected chi connectivity index (χ2v) is 14.7. The number of carbonyl (C=O) groups excluding carboxylic acids is 1. The standard InChI is InChI=1S/C42H83NO5/c1-3-5-7-9-11-13-15-17-18-19-20-21-22-23-24-26-28-30-32-34-36-40(46)42(48)43-38(37-44)41(47)39(45)35-33-31-29-27-25-16-14-12-10-8-6-4-2/h23-24,38-41,44-47H,3-22,25-37H2,1-2H3,(H,43,48)/t38-,39+,40?,41-/m0/s1. The fourth-order valence-electron chi connectivity index (χ4n) is 6.57. The van der Waals surface area contributed by atoms with Crippen LogP contribution in [0.2, 0.25) is 0 Å². The number of amides is 1. The lowest BCUT2D eigenvalue weighted by Crippen LogP contribution is -2.53. The Morgan fingerprint density at radius 1 is 0.500 bits per heavy atom. The summed E-state index contributed by atoms with van der Waals surface area (Å²) in [6.07, 6.45) is 39.5. The van der Waals surface area contributed by atoms with Crippen LogP contribution in [0.25, 0.3) is 0 Å². The highest BCUT2D eigenvalue weighted by Crippen LogP contribution is 2.16. The van der Waals surface area contributed by atoms with Gasteiger partial charge in [-0.15, -0.1) is 0 Å². The molecule has 0 aromatic heterocycles. The summed E-state index contributed by atoms with van der Waals surface area (Å²) in [6.45, 7) is 4.04. The van der Waals surface area contributed by atoms with Crippen LogP contribution in [0.15, 0.2) is 12.2 Å². The Labute approximate surface area is 298 Å². The summed E-state index contributed by atoms with van der Waals surface area (Å²) in [5.41, 5.74) is 0. The van der Waals surface area contributed by atoms with E-state index in [4.69, 9.17) is 0 Å². The molecular weight excluding hydrogens is 598 g/mol. The molecule has 0 saturated carbocycles. The molecule has 1 unspecified atom stereocenters. The molecule has 6 nitrogen and oxygen atoms in total. The van der Waals surface area contributed by atoms with Crippen molar-refractivity contribution in [3.63, 3.8) is 0 Å². The lowest BCUT2D eigenvalue weighted by atomic mass is 9.99. The van der Waals surface area contributed by atoms with Crippen molar-refractivity contribution < 1.29 is 25.2 Å². The van der Waals surface area contributed by atoms with Crippen molar-refractivity contribution in [2.24, 2.45) is 0 Å². The molecule has 0 bridgehead atoms. The molecule has 0 spiro atoms. The Bertz CT molecular complexity index is 687. The van der Waals surface area contributed by atoms with Gasteiger partial charge in [0.2, 0.25) is 5.91 Å². The van der Waals surface area contributed by atoms with Crippen molar-refractivity contribution in [3.05, 3.63) is 12.2 Å². The minimum atomic E-state index is -1.26. The van der Waals surface area contributed by atoms with Gasteiger partial charge in [0.05, 0.1) is 18.8 Å². The van der Waals surface area contributed by atoms with Crippen LogP contribution in [-0.4, -0.2) is 57.3 Å². The first-order chi connectivity index (χ1) is 23.5. The third-order valence-corrected chi connectivity index (χ3v) is 9.98. The van der Waals surface area contributed by atoms with Crippen LogP contribution in [0.4, 0.5) is 0 Å². The van der Waals surface area contributed by atoms with E-state index in [1.54, 1.807) is 0 Å². The first kappa shape index (κ1) is 47.0. The van der Waals surface area contributed by atoms with Crippen molar-refractivity contribution in [1.29, 1.82) is 0 Å². The normalized spacial score (nSPS) is 14.4. The molecule has 0 fully saturated rings. The first-order valence-electron chi connectivity index (χ1n) is 21.1. The van der Waals surface area contributed by atoms with Crippen molar-refractivity contribution >= 4 is 5.91 Å². The predicted molar refractivity (Wildman–Crippen MR) is 205 cm³/mol. The van der Waals surface area contributed by atoms with E-state index in [2.05, 4.69) is 31.3 Å². The molecule has 1 amide bonds. The van der Waals surface area contributed by atoms with E-state index in [1.165, 1.54) is 141 Å². The minimum absolute atomic E-state index is 0.357. The number of hydrogen-bond donors (Lipinski definition) is 5. The third kappa shape index (κ3) is 31.1. The van der Waals surface area contributed by atoms with Gasteiger partial charge in [-0.1, -0.05) is 193 Å². The van der Waals surface area contributed by atoms with Crippen LogP contribution in [0.3, 0.4) is 0 Å². The maximum absolute atomic E-state index is 12.5. The van der Waals surface area contributed by atoms with Crippen LogP contribution in [-0.2, 0) is 4.79 Å². The molecule has 0 aliphatic carbocycles. The second-order valence-electron chi connectivity index (χ2n) is 14.7. The summed E-state index contributed by atoms with van der Waals surface area (Å²) in [5, 5.41) is 43.5. The average Bonchev–Trinajstić information content (AvgIpc) is 3.09. The van der Waals surface area contributed by atoms with Gasteiger partial charge in [-0.05, 0) is 38.5 Å². The molecule has 48 heavy (non-hydrogen) atoms.